The lowest BCUT2D eigenvalue weighted by molar-refractivity contribution is 0.102. The molecule has 11 heteroatoms. The number of aryl methyl sites for hydroxylation is 1. The monoisotopic (exact) mass is 493 g/mol. The van der Waals surface area contributed by atoms with Gasteiger partial charge < -0.3 is 25.0 Å². The Labute approximate surface area is 207 Å². The van der Waals surface area contributed by atoms with Crippen LogP contribution in [0.15, 0.2) is 30.6 Å². The van der Waals surface area contributed by atoms with Crippen LogP contribution in [0.2, 0.25) is 0 Å². The summed E-state index contributed by atoms with van der Waals surface area (Å²) >= 11 is 0. The summed E-state index contributed by atoms with van der Waals surface area (Å²) < 4.78 is 27.1. The molecule has 10 nitrogen and oxygen atoms in total. The number of nitrogens with one attached hydrogen (secondary N) is 2. The lowest BCUT2D eigenvalue weighted by Gasteiger charge is -2.38. The fourth-order valence-corrected chi connectivity index (χ4v) is 4.88. The Morgan fingerprint density at radius 1 is 1.17 bits per heavy atom. The van der Waals surface area contributed by atoms with Gasteiger partial charge in [0.2, 0.25) is 0 Å². The highest BCUT2D eigenvalue weighted by Crippen LogP contribution is 2.35. The number of hydrogen-bond acceptors (Lipinski definition) is 8. The molecule has 2 aromatic heterocycles. The Balaban J connectivity index is 1.58. The average Bonchev–Trinajstić information content (AvgIpc) is 3.23. The van der Waals surface area contributed by atoms with Crippen LogP contribution < -0.4 is 25.0 Å². The molecule has 1 fully saturated rings. The summed E-state index contributed by atoms with van der Waals surface area (Å²) in [6.45, 7) is 5.88. The maximum Gasteiger partial charge on any atom is 0.316 e. The quantitative estimate of drug-likeness (QED) is 0.437. The molecule has 3 heterocycles. The van der Waals surface area contributed by atoms with Gasteiger partial charge in [-0.25, -0.2) is 9.37 Å². The number of ether oxygens (including phenoxy) is 2. The van der Waals surface area contributed by atoms with Gasteiger partial charge in [0, 0.05) is 61.1 Å². The minimum atomic E-state index is -0.642. The first kappa shape index (κ1) is 23.7. The number of aromatic nitrogens is 4. The predicted molar refractivity (Wildman–Crippen MR) is 136 cm³/mol. The summed E-state index contributed by atoms with van der Waals surface area (Å²) in [5, 5.41) is 11.7. The van der Waals surface area contributed by atoms with Crippen molar-refractivity contribution in [3.63, 3.8) is 0 Å². The van der Waals surface area contributed by atoms with Gasteiger partial charge >= 0.3 is 6.01 Å². The first-order valence-corrected chi connectivity index (χ1v) is 11.6. The van der Waals surface area contributed by atoms with Crippen molar-refractivity contribution in [2.75, 3.05) is 37.5 Å². The Morgan fingerprint density at radius 3 is 2.61 bits per heavy atom. The molecule has 2 unspecified atom stereocenters. The fourth-order valence-electron chi connectivity index (χ4n) is 4.88. The lowest BCUT2D eigenvalue weighted by atomic mass is 10.0. The van der Waals surface area contributed by atoms with Crippen molar-refractivity contribution in [2.45, 2.75) is 25.9 Å². The van der Waals surface area contributed by atoms with Crippen molar-refractivity contribution in [2.24, 2.45) is 7.05 Å². The molecule has 1 aliphatic rings. The molecule has 2 atom stereocenters. The van der Waals surface area contributed by atoms with Crippen molar-refractivity contribution in [1.82, 2.24) is 25.1 Å². The standard InChI is InChI=1S/C25H28FN7O3/c1-13-10-33(11-14(2)28-13)19-7-6-16(22-17(19)9-27-25(30-22)36-5)24(34)29-18-8-15-12-32(3)31-21(15)20(26)23(18)35-4/h6-9,12-14,28H,10-11H2,1-5H3,(H,29,34). The number of methoxy groups -OCH3 is 2. The zero-order valence-electron chi connectivity index (χ0n) is 20.8. The number of fused-ring (bicyclic) bond motifs is 2. The van der Waals surface area contributed by atoms with Crippen LogP contribution in [-0.2, 0) is 7.05 Å². The third-order valence-electron chi connectivity index (χ3n) is 6.29. The van der Waals surface area contributed by atoms with Crippen molar-refractivity contribution in [3.8, 4) is 11.8 Å². The first-order chi connectivity index (χ1) is 17.3. The zero-order valence-corrected chi connectivity index (χ0v) is 20.8. The molecular formula is C25H28FN7O3. The summed E-state index contributed by atoms with van der Waals surface area (Å²) in [7, 11) is 4.52. The second kappa shape index (κ2) is 9.23. The average molecular weight is 494 g/mol. The van der Waals surface area contributed by atoms with Gasteiger partial charge in [0.05, 0.1) is 31.0 Å². The van der Waals surface area contributed by atoms with E-state index in [0.717, 1.165) is 24.2 Å². The minimum absolute atomic E-state index is 0.0912. The lowest BCUT2D eigenvalue weighted by Crippen LogP contribution is -2.54. The van der Waals surface area contributed by atoms with E-state index >= 15 is 4.39 Å². The maximum atomic E-state index is 15.1. The Kier molecular flexibility index (Phi) is 6.09. The second-order valence-electron chi connectivity index (χ2n) is 9.09. The first-order valence-electron chi connectivity index (χ1n) is 11.6. The van der Waals surface area contributed by atoms with E-state index in [-0.39, 0.29) is 23.0 Å². The van der Waals surface area contributed by atoms with Crippen LogP contribution in [0.1, 0.15) is 24.2 Å². The number of piperazine rings is 1. The molecule has 1 saturated heterocycles. The van der Waals surface area contributed by atoms with Crippen LogP contribution >= 0.6 is 0 Å². The molecule has 36 heavy (non-hydrogen) atoms. The van der Waals surface area contributed by atoms with E-state index in [1.165, 1.54) is 18.9 Å². The van der Waals surface area contributed by atoms with Crippen molar-refractivity contribution >= 4 is 39.1 Å². The van der Waals surface area contributed by atoms with E-state index in [9.17, 15) is 4.79 Å². The van der Waals surface area contributed by atoms with E-state index in [0.29, 0.717) is 28.6 Å². The van der Waals surface area contributed by atoms with Gasteiger partial charge in [-0.3, -0.25) is 9.48 Å². The van der Waals surface area contributed by atoms with Crippen LogP contribution in [0.4, 0.5) is 15.8 Å². The van der Waals surface area contributed by atoms with Gasteiger partial charge in [0.15, 0.2) is 11.6 Å². The molecule has 0 aliphatic carbocycles. The normalized spacial score (nSPS) is 18.0. The SMILES string of the molecule is COc1ncc2c(N3CC(C)NC(C)C3)ccc(C(=O)Nc3cc4cn(C)nc4c(F)c3OC)c2n1. The summed E-state index contributed by atoms with van der Waals surface area (Å²) in [4.78, 5) is 24.6. The highest BCUT2D eigenvalue weighted by molar-refractivity contribution is 6.14. The van der Waals surface area contributed by atoms with Crippen molar-refractivity contribution in [3.05, 3.63) is 42.0 Å². The molecule has 5 rings (SSSR count). The van der Waals surface area contributed by atoms with Crippen LogP contribution in [-0.4, -0.2) is 65.0 Å². The van der Waals surface area contributed by atoms with Crippen LogP contribution in [0.5, 0.6) is 11.8 Å². The molecule has 0 spiro atoms. The topological polar surface area (TPSA) is 106 Å². The van der Waals surface area contributed by atoms with E-state index in [2.05, 4.69) is 44.4 Å². The molecule has 2 aromatic carbocycles. The van der Waals surface area contributed by atoms with E-state index in [1.807, 2.05) is 6.07 Å². The number of nitrogens with zero attached hydrogens (tertiary/aromatic N) is 5. The highest BCUT2D eigenvalue weighted by Gasteiger charge is 2.25. The Hall–Kier alpha value is -3.99. The molecule has 4 aromatic rings. The third kappa shape index (κ3) is 4.15. The van der Waals surface area contributed by atoms with Crippen molar-refractivity contribution < 1.29 is 18.7 Å². The number of benzene rings is 2. The number of rotatable bonds is 5. The molecule has 1 aliphatic heterocycles. The van der Waals surface area contributed by atoms with Gasteiger partial charge in [-0.05, 0) is 32.0 Å². The Bertz CT molecular complexity index is 1460. The van der Waals surface area contributed by atoms with Gasteiger partial charge in [-0.2, -0.15) is 10.1 Å². The molecule has 2 N–H and O–H groups in total. The highest BCUT2D eigenvalue weighted by atomic mass is 19.1. The van der Waals surface area contributed by atoms with Crippen LogP contribution in [0.25, 0.3) is 21.8 Å². The predicted octanol–water partition coefficient (Wildman–Crippen LogP) is 3.11. The largest absolute Gasteiger partial charge is 0.491 e. The fraction of sp³-hybridized carbons (Fsp3) is 0.360. The molecule has 0 bridgehead atoms. The smallest absolute Gasteiger partial charge is 0.316 e. The molecule has 1 amide bonds. The van der Waals surface area contributed by atoms with Crippen LogP contribution in [0.3, 0.4) is 0 Å². The second-order valence-corrected chi connectivity index (χ2v) is 9.09. The Morgan fingerprint density at radius 2 is 1.92 bits per heavy atom. The third-order valence-corrected chi connectivity index (χ3v) is 6.29. The van der Waals surface area contributed by atoms with E-state index in [4.69, 9.17) is 9.47 Å². The van der Waals surface area contributed by atoms with Crippen molar-refractivity contribution in [1.29, 1.82) is 0 Å². The van der Waals surface area contributed by atoms with Gasteiger partial charge in [-0.1, -0.05) is 0 Å². The number of halogens is 1. The number of anilines is 2. The number of amides is 1. The maximum absolute atomic E-state index is 15.1. The zero-order chi connectivity index (χ0) is 25.6. The number of carbonyl (C=O) groups excluding carboxylic acids is 1. The van der Waals surface area contributed by atoms with Gasteiger partial charge in [-0.15, -0.1) is 0 Å². The summed E-state index contributed by atoms with van der Waals surface area (Å²) in [5.74, 6) is -1.20. The molecule has 0 radical (unpaired) electrons. The summed E-state index contributed by atoms with van der Waals surface area (Å²) in [6, 6.07) is 6.02. The minimum Gasteiger partial charge on any atom is -0.491 e. The number of carbonyl (C=O) groups is 1. The van der Waals surface area contributed by atoms with Crippen LogP contribution in [0, 0.1) is 5.82 Å². The molecular weight excluding hydrogens is 465 g/mol. The van der Waals surface area contributed by atoms with E-state index in [1.54, 1.807) is 31.6 Å². The van der Waals surface area contributed by atoms with Gasteiger partial charge in [0.1, 0.15) is 5.52 Å². The summed E-state index contributed by atoms with van der Waals surface area (Å²) in [5.41, 5.74) is 2.05. The van der Waals surface area contributed by atoms with Gasteiger partial charge in [0.25, 0.3) is 5.91 Å². The summed E-state index contributed by atoms with van der Waals surface area (Å²) in [6.07, 6.45) is 3.35. The molecule has 0 saturated carbocycles. The number of hydrogen-bond donors (Lipinski definition) is 2. The van der Waals surface area contributed by atoms with E-state index < -0.39 is 11.7 Å². The molecule has 188 valence electrons.